The molecule has 2 bridgehead atoms. The molecule has 0 unspecified atom stereocenters. The summed E-state index contributed by atoms with van der Waals surface area (Å²) in [5.74, 6) is 0.0321. The number of hydrogen-bond donors (Lipinski definition) is 0. The smallest absolute Gasteiger partial charge is 0.134 e. The van der Waals surface area contributed by atoms with Gasteiger partial charge in [-0.15, -0.1) is 0 Å². The number of hydrogen-bond acceptors (Lipinski definition) is 0. The van der Waals surface area contributed by atoms with Crippen molar-refractivity contribution in [3.8, 4) is 11.1 Å². The lowest BCUT2D eigenvalue weighted by Gasteiger charge is -2.54. The van der Waals surface area contributed by atoms with Gasteiger partial charge in [0.1, 0.15) is 5.82 Å². The van der Waals surface area contributed by atoms with Crippen LogP contribution in [0.4, 0.5) is 4.39 Å². The third-order valence-electron chi connectivity index (χ3n) is 7.81. The van der Waals surface area contributed by atoms with Gasteiger partial charge in [0.2, 0.25) is 0 Å². The summed E-state index contributed by atoms with van der Waals surface area (Å²) in [5.41, 5.74) is 4.77. The summed E-state index contributed by atoms with van der Waals surface area (Å²) in [6.45, 7) is 4.55. The van der Waals surface area contributed by atoms with E-state index in [4.69, 9.17) is 0 Å². The highest BCUT2D eigenvalue weighted by Gasteiger charge is 2.49. The van der Waals surface area contributed by atoms with E-state index in [1.807, 2.05) is 6.07 Å². The Bertz CT molecular complexity index is 762. The molecule has 0 aromatic heterocycles. The zero-order chi connectivity index (χ0) is 18.9. The second-order valence-electron chi connectivity index (χ2n) is 9.10. The molecule has 3 aliphatic rings. The molecule has 3 fully saturated rings. The first kappa shape index (κ1) is 18.7. The molecule has 144 valence electrons. The van der Waals surface area contributed by atoms with E-state index in [0.717, 1.165) is 42.4 Å². The van der Waals surface area contributed by atoms with Gasteiger partial charge in [0, 0.05) is 5.56 Å². The number of halogens is 1. The molecule has 0 nitrogen and oxygen atoms in total. The minimum atomic E-state index is 0.0321. The van der Waals surface area contributed by atoms with Crippen LogP contribution >= 0.6 is 0 Å². The summed E-state index contributed by atoms with van der Waals surface area (Å²) in [5, 5.41) is 0. The van der Waals surface area contributed by atoms with Gasteiger partial charge < -0.3 is 0 Å². The van der Waals surface area contributed by atoms with Crippen LogP contribution in [0, 0.1) is 11.2 Å². The molecule has 0 amide bonds. The molecular formula is C26H33F. The topological polar surface area (TPSA) is 0 Å². The van der Waals surface area contributed by atoms with Gasteiger partial charge >= 0.3 is 0 Å². The maximum Gasteiger partial charge on any atom is 0.134 e. The summed E-state index contributed by atoms with van der Waals surface area (Å²) in [6.07, 6.45) is 12.1. The van der Waals surface area contributed by atoms with Gasteiger partial charge in [0.05, 0.1) is 0 Å². The predicted octanol–water partition coefficient (Wildman–Crippen LogP) is 7.84. The normalized spacial score (nSPS) is 27.1. The Kier molecular flexibility index (Phi) is 5.14. The van der Waals surface area contributed by atoms with Crippen molar-refractivity contribution in [1.82, 2.24) is 0 Å². The quantitative estimate of drug-likeness (QED) is 0.490. The van der Waals surface area contributed by atoms with Crippen LogP contribution in [-0.2, 0) is 11.8 Å². The van der Waals surface area contributed by atoms with Crippen LogP contribution in [0.25, 0.3) is 11.1 Å². The van der Waals surface area contributed by atoms with Crippen LogP contribution in [0.2, 0.25) is 0 Å². The van der Waals surface area contributed by atoms with Crippen molar-refractivity contribution in [2.75, 3.05) is 0 Å². The SMILES string of the molecule is CCCCc1ccc(-c2cccc(C34CCC(CC)(CC3)CC4)c2F)cc1. The van der Waals surface area contributed by atoms with E-state index in [0.29, 0.717) is 5.41 Å². The summed E-state index contributed by atoms with van der Waals surface area (Å²) in [4.78, 5) is 0. The fourth-order valence-corrected chi connectivity index (χ4v) is 5.59. The Hall–Kier alpha value is -1.63. The van der Waals surface area contributed by atoms with Crippen molar-refractivity contribution >= 4 is 0 Å². The molecule has 2 aromatic rings. The van der Waals surface area contributed by atoms with Crippen LogP contribution in [0.3, 0.4) is 0 Å². The molecule has 27 heavy (non-hydrogen) atoms. The fourth-order valence-electron chi connectivity index (χ4n) is 5.59. The van der Waals surface area contributed by atoms with Gasteiger partial charge in [0.15, 0.2) is 0 Å². The highest BCUT2D eigenvalue weighted by Crippen LogP contribution is 2.59. The summed E-state index contributed by atoms with van der Waals surface area (Å²) < 4.78 is 15.7. The van der Waals surface area contributed by atoms with Gasteiger partial charge in [0.25, 0.3) is 0 Å². The van der Waals surface area contributed by atoms with Crippen LogP contribution in [0.15, 0.2) is 42.5 Å². The molecule has 0 spiro atoms. The molecule has 0 saturated heterocycles. The minimum Gasteiger partial charge on any atom is -0.206 e. The third kappa shape index (κ3) is 3.35. The molecule has 0 atom stereocenters. The van der Waals surface area contributed by atoms with Crippen LogP contribution in [0.5, 0.6) is 0 Å². The van der Waals surface area contributed by atoms with E-state index in [2.05, 4.69) is 50.2 Å². The first-order chi connectivity index (χ1) is 13.1. The Morgan fingerprint density at radius 2 is 1.52 bits per heavy atom. The molecule has 0 heterocycles. The standard InChI is InChI=1S/C26H33F/c1-3-5-7-20-10-12-21(13-11-20)22-8-6-9-23(24(22)27)26-17-14-25(4-2,15-18-26)16-19-26/h6,8-13H,3-5,7,14-19H2,1-2H3. The Balaban J connectivity index is 1.62. The predicted molar refractivity (Wildman–Crippen MR) is 113 cm³/mol. The lowest BCUT2D eigenvalue weighted by atomic mass is 9.51. The highest BCUT2D eigenvalue weighted by atomic mass is 19.1. The lowest BCUT2D eigenvalue weighted by Crippen LogP contribution is -2.44. The van der Waals surface area contributed by atoms with Gasteiger partial charge in [-0.3, -0.25) is 0 Å². The average molecular weight is 365 g/mol. The first-order valence-electron chi connectivity index (χ1n) is 11.0. The van der Waals surface area contributed by atoms with Crippen molar-refractivity contribution in [2.45, 2.75) is 83.5 Å². The maximum absolute atomic E-state index is 15.7. The van der Waals surface area contributed by atoms with Crippen LogP contribution in [-0.4, -0.2) is 0 Å². The van der Waals surface area contributed by atoms with E-state index in [1.165, 1.54) is 44.1 Å². The largest absolute Gasteiger partial charge is 0.206 e. The van der Waals surface area contributed by atoms with E-state index in [1.54, 1.807) is 0 Å². The monoisotopic (exact) mass is 364 g/mol. The molecule has 0 aliphatic heterocycles. The van der Waals surface area contributed by atoms with Crippen molar-refractivity contribution in [1.29, 1.82) is 0 Å². The average Bonchev–Trinajstić information content (AvgIpc) is 2.74. The third-order valence-corrected chi connectivity index (χ3v) is 7.81. The van der Waals surface area contributed by atoms with Gasteiger partial charge in [-0.25, -0.2) is 4.39 Å². The zero-order valence-corrected chi connectivity index (χ0v) is 17.0. The molecular weight excluding hydrogens is 331 g/mol. The maximum atomic E-state index is 15.7. The number of aryl methyl sites for hydroxylation is 1. The summed E-state index contributed by atoms with van der Waals surface area (Å²) in [7, 11) is 0. The summed E-state index contributed by atoms with van der Waals surface area (Å²) in [6, 6.07) is 14.7. The second-order valence-corrected chi connectivity index (χ2v) is 9.10. The molecule has 0 N–H and O–H groups in total. The van der Waals surface area contributed by atoms with Crippen molar-refractivity contribution < 1.29 is 4.39 Å². The van der Waals surface area contributed by atoms with Gasteiger partial charge in [-0.05, 0) is 78.9 Å². The second kappa shape index (κ2) is 7.41. The van der Waals surface area contributed by atoms with Crippen molar-refractivity contribution in [3.63, 3.8) is 0 Å². The summed E-state index contributed by atoms with van der Waals surface area (Å²) >= 11 is 0. The first-order valence-corrected chi connectivity index (χ1v) is 11.0. The number of unbranched alkanes of at least 4 members (excludes halogenated alkanes) is 1. The van der Waals surface area contributed by atoms with Crippen LogP contribution in [0.1, 0.15) is 82.8 Å². The van der Waals surface area contributed by atoms with Crippen molar-refractivity contribution in [2.24, 2.45) is 5.41 Å². The minimum absolute atomic E-state index is 0.0321. The molecule has 3 saturated carbocycles. The van der Waals surface area contributed by atoms with Gasteiger partial charge in [-0.2, -0.15) is 0 Å². The van der Waals surface area contributed by atoms with Crippen molar-refractivity contribution in [3.05, 3.63) is 59.4 Å². The molecule has 2 aromatic carbocycles. The fraction of sp³-hybridized carbons (Fsp3) is 0.538. The Morgan fingerprint density at radius 1 is 0.852 bits per heavy atom. The van der Waals surface area contributed by atoms with E-state index in [-0.39, 0.29) is 11.2 Å². The van der Waals surface area contributed by atoms with Crippen LogP contribution < -0.4 is 0 Å². The molecule has 1 heteroatoms. The Morgan fingerprint density at radius 3 is 2.11 bits per heavy atom. The van der Waals surface area contributed by atoms with E-state index in [9.17, 15) is 0 Å². The highest BCUT2D eigenvalue weighted by molar-refractivity contribution is 5.66. The molecule has 5 rings (SSSR count). The van der Waals surface area contributed by atoms with Gasteiger partial charge in [-0.1, -0.05) is 69.2 Å². The molecule has 3 aliphatic carbocycles. The number of fused-ring (bicyclic) bond motifs is 3. The van der Waals surface area contributed by atoms with E-state index < -0.39 is 0 Å². The number of benzene rings is 2. The number of rotatable bonds is 6. The Labute approximate surface area is 164 Å². The van der Waals surface area contributed by atoms with E-state index >= 15 is 4.39 Å². The lowest BCUT2D eigenvalue weighted by molar-refractivity contribution is 0.0350. The molecule has 0 radical (unpaired) electrons. The zero-order valence-electron chi connectivity index (χ0n) is 17.0.